The molecule has 1 unspecified atom stereocenters. The average molecular weight is 241 g/mol. The van der Waals surface area contributed by atoms with Crippen LogP contribution in [0.2, 0.25) is 0 Å². The van der Waals surface area contributed by atoms with Crippen LogP contribution in [0.4, 0.5) is 4.39 Å². The van der Waals surface area contributed by atoms with Gasteiger partial charge in [-0.1, -0.05) is 19.4 Å². The van der Waals surface area contributed by atoms with Crippen molar-refractivity contribution in [1.29, 1.82) is 0 Å². The second kappa shape index (κ2) is 6.92. The zero-order chi connectivity index (χ0) is 12.0. The van der Waals surface area contributed by atoms with Gasteiger partial charge in [0.05, 0.1) is 0 Å². The highest BCUT2D eigenvalue weighted by atomic mass is 32.2. The first-order chi connectivity index (χ1) is 7.69. The molecule has 0 aromatic heterocycles. The van der Waals surface area contributed by atoms with Gasteiger partial charge in [0, 0.05) is 10.9 Å². The molecule has 0 saturated heterocycles. The predicted octanol–water partition coefficient (Wildman–Crippen LogP) is 4.00. The largest absolute Gasteiger partial charge is 0.313 e. The second-order valence-electron chi connectivity index (χ2n) is 3.90. The molecule has 3 heteroatoms. The van der Waals surface area contributed by atoms with Gasteiger partial charge in [-0.2, -0.15) is 0 Å². The second-order valence-corrected chi connectivity index (χ2v) is 5.04. The Labute approximate surface area is 102 Å². The van der Waals surface area contributed by atoms with Crippen LogP contribution in [0.1, 0.15) is 38.3 Å². The van der Waals surface area contributed by atoms with Gasteiger partial charge in [-0.15, -0.1) is 11.8 Å². The van der Waals surface area contributed by atoms with Crippen LogP contribution in [0.15, 0.2) is 23.1 Å². The van der Waals surface area contributed by atoms with Crippen LogP contribution in [-0.2, 0) is 0 Å². The monoisotopic (exact) mass is 241 g/mol. The summed E-state index contributed by atoms with van der Waals surface area (Å²) in [5.41, 5.74) is 1.000. The van der Waals surface area contributed by atoms with E-state index in [9.17, 15) is 4.39 Å². The van der Waals surface area contributed by atoms with Crippen LogP contribution in [-0.4, -0.2) is 12.8 Å². The van der Waals surface area contributed by atoms with Crippen molar-refractivity contribution in [2.45, 2.75) is 37.6 Å². The maximum absolute atomic E-state index is 13.7. The molecular formula is C13H20FNS. The van der Waals surface area contributed by atoms with Gasteiger partial charge in [-0.25, -0.2) is 4.39 Å². The van der Waals surface area contributed by atoms with Gasteiger partial charge >= 0.3 is 0 Å². The molecule has 1 N–H and O–H groups in total. The molecular weight excluding hydrogens is 221 g/mol. The molecule has 1 atom stereocenters. The highest BCUT2D eigenvalue weighted by molar-refractivity contribution is 7.99. The van der Waals surface area contributed by atoms with Crippen molar-refractivity contribution < 1.29 is 4.39 Å². The van der Waals surface area contributed by atoms with Gasteiger partial charge in [0.2, 0.25) is 0 Å². The Morgan fingerprint density at radius 2 is 2.19 bits per heavy atom. The molecule has 0 saturated carbocycles. The Balaban J connectivity index is 2.67. The van der Waals surface area contributed by atoms with Crippen molar-refractivity contribution in [1.82, 2.24) is 5.32 Å². The smallest absolute Gasteiger partial charge is 0.137 e. The molecule has 16 heavy (non-hydrogen) atoms. The average Bonchev–Trinajstić information content (AvgIpc) is 2.30. The number of unbranched alkanes of at least 4 members (excludes halogenated alkanes) is 1. The number of rotatable bonds is 6. The van der Waals surface area contributed by atoms with Gasteiger partial charge in [0.1, 0.15) is 5.82 Å². The Hall–Kier alpha value is -0.540. The standard InChI is InChI=1S/C13H20FNS/c1-4-5-8-16-13-7-6-11(9-12(13)14)10(2)15-3/h6-7,9-10,15H,4-5,8H2,1-3H3. The molecule has 0 aliphatic heterocycles. The van der Waals surface area contributed by atoms with Crippen LogP contribution in [0.5, 0.6) is 0 Å². The Morgan fingerprint density at radius 3 is 2.75 bits per heavy atom. The summed E-state index contributed by atoms with van der Waals surface area (Å²) in [7, 11) is 1.88. The van der Waals surface area contributed by atoms with E-state index in [0.717, 1.165) is 29.1 Å². The third kappa shape index (κ3) is 3.80. The van der Waals surface area contributed by atoms with Crippen molar-refractivity contribution in [3.8, 4) is 0 Å². The predicted molar refractivity (Wildman–Crippen MR) is 69.5 cm³/mol. The van der Waals surface area contributed by atoms with E-state index >= 15 is 0 Å². The van der Waals surface area contributed by atoms with Crippen molar-refractivity contribution in [2.75, 3.05) is 12.8 Å². The molecule has 0 fully saturated rings. The zero-order valence-corrected chi connectivity index (χ0v) is 11.0. The van der Waals surface area contributed by atoms with E-state index in [1.54, 1.807) is 17.8 Å². The van der Waals surface area contributed by atoms with E-state index < -0.39 is 0 Å². The molecule has 0 heterocycles. The summed E-state index contributed by atoms with van der Waals surface area (Å²) in [6.45, 7) is 4.17. The fourth-order valence-electron chi connectivity index (χ4n) is 1.40. The molecule has 0 aliphatic carbocycles. The minimum atomic E-state index is -0.0966. The first-order valence-corrected chi connectivity index (χ1v) is 6.77. The molecule has 0 amide bonds. The lowest BCUT2D eigenvalue weighted by Crippen LogP contribution is -2.12. The molecule has 1 aromatic rings. The lowest BCUT2D eigenvalue weighted by Gasteiger charge is -2.11. The highest BCUT2D eigenvalue weighted by Gasteiger charge is 2.07. The van der Waals surface area contributed by atoms with Crippen LogP contribution >= 0.6 is 11.8 Å². The first-order valence-electron chi connectivity index (χ1n) is 5.78. The van der Waals surface area contributed by atoms with Crippen LogP contribution in [0.3, 0.4) is 0 Å². The van der Waals surface area contributed by atoms with Gasteiger partial charge < -0.3 is 5.32 Å². The number of hydrogen-bond donors (Lipinski definition) is 1. The number of hydrogen-bond acceptors (Lipinski definition) is 2. The molecule has 0 aliphatic rings. The highest BCUT2D eigenvalue weighted by Crippen LogP contribution is 2.25. The van der Waals surface area contributed by atoms with Crippen molar-refractivity contribution in [2.24, 2.45) is 0 Å². The zero-order valence-electron chi connectivity index (χ0n) is 10.2. The molecule has 90 valence electrons. The van der Waals surface area contributed by atoms with Gasteiger partial charge in [0.15, 0.2) is 0 Å². The van der Waals surface area contributed by atoms with E-state index in [2.05, 4.69) is 12.2 Å². The molecule has 0 spiro atoms. The maximum atomic E-state index is 13.7. The molecule has 0 bridgehead atoms. The molecule has 0 radical (unpaired) electrons. The van der Waals surface area contributed by atoms with E-state index in [4.69, 9.17) is 0 Å². The third-order valence-corrected chi connectivity index (χ3v) is 3.78. The van der Waals surface area contributed by atoms with Crippen LogP contribution < -0.4 is 5.32 Å². The first kappa shape index (κ1) is 13.5. The SMILES string of the molecule is CCCCSc1ccc(C(C)NC)cc1F. The summed E-state index contributed by atoms with van der Waals surface area (Å²) in [6, 6.07) is 5.72. The fraction of sp³-hybridized carbons (Fsp3) is 0.538. The lowest BCUT2D eigenvalue weighted by atomic mass is 10.1. The number of halogens is 1. The summed E-state index contributed by atoms with van der Waals surface area (Å²) < 4.78 is 13.7. The minimum Gasteiger partial charge on any atom is -0.313 e. The van der Waals surface area contributed by atoms with Crippen molar-refractivity contribution in [3.05, 3.63) is 29.6 Å². The van der Waals surface area contributed by atoms with E-state index in [-0.39, 0.29) is 11.9 Å². The Kier molecular flexibility index (Phi) is 5.85. The molecule has 1 aromatic carbocycles. The summed E-state index contributed by atoms with van der Waals surface area (Å²) in [5, 5.41) is 3.11. The van der Waals surface area contributed by atoms with E-state index in [1.165, 1.54) is 0 Å². The lowest BCUT2D eigenvalue weighted by molar-refractivity contribution is 0.587. The van der Waals surface area contributed by atoms with Crippen LogP contribution in [0, 0.1) is 5.82 Å². The van der Waals surface area contributed by atoms with Gasteiger partial charge in [-0.05, 0) is 43.8 Å². The summed E-state index contributed by atoms with van der Waals surface area (Å²) >= 11 is 1.60. The van der Waals surface area contributed by atoms with Crippen molar-refractivity contribution in [3.63, 3.8) is 0 Å². The number of benzene rings is 1. The quantitative estimate of drug-likeness (QED) is 0.597. The maximum Gasteiger partial charge on any atom is 0.137 e. The van der Waals surface area contributed by atoms with E-state index in [0.29, 0.717) is 0 Å². The molecule has 1 nitrogen and oxygen atoms in total. The topological polar surface area (TPSA) is 12.0 Å². The summed E-state index contributed by atoms with van der Waals surface area (Å²) in [6.07, 6.45) is 2.29. The van der Waals surface area contributed by atoms with Gasteiger partial charge in [0.25, 0.3) is 0 Å². The molecule has 1 rings (SSSR count). The van der Waals surface area contributed by atoms with Crippen LogP contribution in [0.25, 0.3) is 0 Å². The number of nitrogens with one attached hydrogen (secondary N) is 1. The minimum absolute atomic E-state index is 0.0966. The summed E-state index contributed by atoms with van der Waals surface area (Å²) in [4.78, 5) is 0.764. The fourth-order valence-corrected chi connectivity index (χ4v) is 2.41. The summed E-state index contributed by atoms with van der Waals surface area (Å²) in [5.74, 6) is 0.898. The van der Waals surface area contributed by atoms with E-state index in [1.807, 2.05) is 26.1 Å². The Bertz CT molecular complexity index is 328. The normalized spacial score (nSPS) is 12.8. The number of thioether (sulfide) groups is 1. The van der Waals surface area contributed by atoms with Gasteiger partial charge in [-0.3, -0.25) is 0 Å². The third-order valence-electron chi connectivity index (χ3n) is 2.64. The van der Waals surface area contributed by atoms with Crippen molar-refractivity contribution >= 4 is 11.8 Å². The Morgan fingerprint density at radius 1 is 1.44 bits per heavy atom.